The standard InChI is InChI=1S/C16H22N2OS/c1-11-6-7-18(13(8-11)10-17)16(19)15-9-12-4-2-3-5-14(12)20-15/h2-5,11,13,15H,6-10,17H2,1H3. The van der Waals surface area contributed by atoms with Crippen molar-refractivity contribution in [1.29, 1.82) is 0 Å². The van der Waals surface area contributed by atoms with Crippen LogP contribution in [0.1, 0.15) is 25.3 Å². The molecule has 2 N–H and O–H groups in total. The SMILES string of the molecule is CC1CCN(C(=O)C2Cc3ccccc3S2)C(CN)C1. The Balaban J connectivity index is 1.71. The van der Waals surface area contributed by atoms with Gasteiger partial charge in [0, 0.05) is 24.0 Å². The van der Waals surface area contributed by atoms with Gasteiger partial charge in [-0.3, -0.25) is 4.79 Å². The van der Waals surface area contributed by atoms with Crippen molar-refractivity contribution in [3.05, 3.63) is 29.8 Å². The Hall–Kier alpha value is -1.00. The van der Waals surface area contributed by atoms with Crippen molar-refractivity contribution in [2.75, 3.05) is 13.1 Å². The molecule has 20 heavy (non-hydrogen) atoms. The zero-order chi connectivity index (χ0) is 14.1. The van der Waals surface area contributed by atoms with Crippen LogP contribution in [0.15, 0.2) is 29.2 Å². The van der Waals surface area contributed by atoms with Gasteiger partial charge in [-0.25, -0.2) is 0 Å². The molecule has 0 aromatic heterocycles. The lowest BCUT2D eigenvalue weighted by Gasteiger charge is -2.39. The second-order valence-electron chi connectivity index (χ2n) is 5.97. The number of likely N-dealkylation sites (tertiary alicyclic amines) is 1. The first-order valence-electron chi connectivity index (χ1n) is 7.44. The minimum Gasteiger partial charge on any atom is -0.337 e. The monoisotopic (exact) mass is 290 g/mol. The van der Waals surface area contributed by atoms with E-state index in [4.69, 9.17) is 5.73 Å². The van der Waals surface area contributed by atoms with E-state index < -0.39 is 0 Å². The zero-order valence-corrected chi connectivity index (χ0v) is 12.7. The van der Waals surface area contributed by atoms with Gasteiger partial charge in [-0.1, -0.05) is 25.1 Å². The molecule has 2 aliphatic heterocycles. The maximum Gasteiger partial charge on any atom is 0.236 e. The summed E-state index contributed by atoms with van der Waals surface area (Å²) in [6.07, 6.45) is 3.02. The molecule has 3 nitrogen and oxygen atoms in total. The van der Waals surface area contributed by atoms with Crippen molar-refractivity contribution in [1.82, 2.24) is 4.90 Å². The molecular formula is C16H22N2OS. The van der Waals surface area contributed by atoms with Crippen molar-refractivity contribution in [2.24, 2.45) is 11.7 Å². The lowest BCUT2D eigenvalue weighted by atomic mass is 9.92. The Labute approximate surface area is 124 Å². The molecule has 108 valence electrons. The highest BCUT2D eigenvalue weighted by atomic mass is 32.2. The fraction of sp³-hybridized carbons (Fsp3) is 0.562. The second kappa shape index (κ2) is 5.78. The zero-order valence-electron chi connectivity index (χ0n) is 11.9. The van der Waals surface area contributed by atoms with E-state index in [1.807, 2.05) is 11.0 Å². The maximum atomic E-state index is 12.8. The van der Waals surface area contributed by atoms with E-state index in [2.05, 4.69) is 25.1 Å². The van der Waals surface area contributed by atoms with Crippen LogP contribution < -0.4 is 5.73 Å². The van der Waals surface area contributed by atoms with Gasteiger partial charge in [0.2, 0.25) is 5.91 Å². The van der Waals surface area contributed by atoms with Crippen LogP contribution in [0.25, 0.3) is 0 Å². The number of piperidine rings is 1. The van der Waals surface area contributed by atoms with Gasteiger partial charge in [0.15, 0.2) is 0 Å². The molecule has 1 fully saturated rings. The summed E-state index contributed by atoms with van der Waals surface area (Å²) in [5.41, 5.74) is 7.19. The van der Waals surface area contributed by atoms with E-state index >= 15 is 0 Å². The van der Waals surface area contributed by atoms with Crippen LogP contribution in [0.3, 0.4) is 0 Å². The third-order valence-corrected chi connectivity index (χ3v) is 5.76. The number of thioether (sulfide) groups is 1. The van der Waals surface area contributed by atoms with Crippen LogP contribution in [0, 0.1) is 5.92 Å². The molecule has 1 amide bonds. The van der Waals surface area contributed by atoms with Gasteiger partial charge < -0.3 is 10.6 Å². The average molecular weight is 290 g/mol. The van der Waals surface area contributed by atoms with Crippen LogP contribution in [-0.2, 0) is 11.2 Å². The largest absolute Gasteiger partial charge is 0.337 e. The number of benzene rings is 1. The summed E-state index contributed by atoms with van der Waals surface area (Å²) in [6.45, 7) is 3.71. The number of fused-ring (bicyclic) bond motifs is 1. The van der Waals surface area contributed by atoms with Gasteiger partial charge in [-0.05, 0) is 36.8 Å². The number of hydrogen-bond acceptors (Lipinski definition) is 3. The summed E-state index contributed by atoms with van der Waals surface area (Å²) < 4.78 is 0. The molecule has 0 aliphatic carbocycles. The summed E-state index contributed by atoms with van der Waals surface area (Å²) >= 11 is 1.72. The van der Waals surface area contributed by atoms with Crippen LogP contribution in [0.4, 0.5) is 0 Å². The van der Waals surface area contributed by atoms with E-state index in [-0.39, 0.29) is 17.2 Å². The van der Waals surface area contributed by atoms with Gasteiger partial charge in [0.25, 0.3) is 0 Å². The fourth-order valence-electron chi connectivity index (χ4n) is 3.27. The molecular weight excluding hydrogens is 268 g/mol. The van der Waals surface area contributed by atoms with Crippen LogP contribution >= 0.6 is 11.8 Å². The van der Waals surface area contributed by atoms with E-state index in [1.165, 1.54) is 10.5 Å². The lowest BCUT2D eigenvalue weighted by Crippen LogP contribution is -2.51. The van der Waals surface area contributed by atoms with Crippen molar-refractivity contribution >= 4 is 17.7 Å². The number of amides is 1. The number of hydrogen-bond donors (Lipinski definition) is 1. The van der Waals surface area contributed by atoms with Crippen molar-refractivity contribution in [3.8, 4) is 0 Å². The molecule has 0 spiro atoms. The molecule has 0 radical (unpaired) electrons. The predicted octanol–water partition coefficient (Wildman–Crippen LogP) is 2.29. The Bertz CT molecular complexity index is 480. The second-order valence-corrected chi connectivity index (χ2v) is 7.21. The van der Waals surface area contributed by atoms with E-state index in [0.717, 1.165) is 25.8 Å². The summed E-state index contributed by atoms with van der Waals surface area (Å²) in [5, 5.41) is 0.0508. The molecule has 1 aromatic carbocycles. The Morgan fingerprint density at radius 2 is 2.25 bits per heavy atom. The highest BCUT2D eigenvalue weighted by Crippen LogP contribution is 2.38. The highest BCUT2D eigenvalue weighted by molar-refractivity contribution is 8.01. The molecule has 2 aliphatic rings. The van der Waals surface area contributed by atoms with Gasteiger partial charge in [-0.2, -0.15) is 0 Å². The number of rotatable bonds is 2. The van der Waals surface area contributed by atoms with Crippen molar-refractivity contribution in [2.45, 2.75) is 42.4 Å². The minimum absolute atomic E-state index is 0.0508. The van der Waals surface area contributed by atoms with Gasteiger partial charge in [0.05, 0.1) is 5.25 Å². The van der Waals surface area contributed by atoms with Crippen LogP contribution in [0.2, 0.25) is 0 Å². The maximum absolute atomic E-state index is 12.8. The van der Waals surface area contributed by atoms with Crippen LogP contribution in [-0.4, -0.2) is 35.2 Å². The molecule has 4 heteroatoms. The van der Waals surface area contributed by atoms with Gasteiger partial charge in [0.1, 0.15) is 0 Å². The van der Waals surface area contributed by atoms with Gasteiger partial charge in [-0.15, -0.1) is 11.8 Å². The first-order valence-corrected chi connectivity index (χ1v) is 8.32. The summed E-state index contributed by atoms with van der Waals surface area (Å²) in [5.74, 6) is 0.967. The molecule has 3 unspecified atom stereocenters. The molecule has 2 heterocycles. The van der Waals surface area contributed by atoms with E-state index in [0.29, 0.717) is 12.5 Å². The molecule has 0 saturated carbocycles. The molecule has 0 bridgehead atoms. The Morgan fingerprint density at radius 3 is 3.00 bits per heavy atom. The molecule has 1 aromatic rings. The van der Waals surface area contributed by atoms with E-state index in [1.54, 1.807) is 11.8 Å². The number of carbonyl (C=O) groups is 1. The molecule has 3 rings (SSSR count). The normalized spacial score (nSPS) is 29.3. The molecule has 3 atom stereocenters. The molecule has 1 saturated heterocycles. The average Bonchev–Trinajstić information content (AvgIpc) is 2.90. The third kappa shape index (κ3) is 2.59. The fourth-order valence-corrected chi connectivity index (χ4v) is 4.54. The Kier molecular flexibility index (Phi) is 4.03. The van der Waals surface area contributed by atoms with Gasteiger partial charge >= 0.3 is 0 Å². The first-order chi connectivity index (χ1) is 9.69. The number of carbonyl (C=O) groups excluding carboxylic acids is 1. The number of nitrogens with two attached hydrogens (primary N) is 1. The summed E-state index contributed by atoms with van der Waals surface area (Å²) in [4.78, 5) is 16.1. The first kappa shape index (κ1) is 14.0. The quantitative estimate of drug-likeness (QED) is 0.909. The van der Waals surface area contributed by atoms with Crippen molar-refractivity contribution in [3.63, 3.8) is 0 Å². The highest BCUT2D eigenvalue weighted by Gasteiger charge is 2.36. The van der Waals surface area contributed by atoms with Crippen LogP contribution in [0.5, 0.6) is 0 Å². The minimum atomic E-state index is 0.0508. The summed E-state index contributed by atoms with van der Waals surface area (Å²) in [7, 11) is 0. The third-order valence-electron chi connectivity index (χ3n) is 4.46. The predicted molar refractivity (Wildman–Crippen MR) is 82.7 cm³/mol. The topological polar surface area (TPSA) is 46.3 Å². The summed E-state index contributed by atoms with van der Waals surface area (Å²) in [6, 6.07) is 8.58. The Morgan fingerprint density at radius 1 is 1.45 bits per heavy atom. The van der Waals surface area contributed by atoms with Crippen molar-refractivity contribution < 1.29 is 4.79 Å². The smallest absolute Gasteiger partial charge is 0.236 e. The van der Waals surface area contributed by atoms with E-state index in [9.17, 15) is 4.79 Å². The number of nitrogens with zero attached hydrogens (tertiary/aromatic N) is 1. The lowest BCUT2D eigenvalue weighted by molar-refractivity contribution is -0.134.